The highest BCUT2D eigenvalue weighted by molar-refractivity contribution is 4.90. The number of rotatable bonds is 4. The van der Waals surface area contributed by atoms with E-state index < -0.39 is 0 Å². The van der Waals surface area contributed by atoms with Gasteiger partial charge in [-0.25, -0.2) is 0 Å². The maximum Gasteiger partial charge on any atom is 0.108 e. The molecular weight excluding hydrogens is 216 g/mol. The molecule has 0 radical (unpaired) electrons. The van der Waals surface area contributed by atoms with Crippen LogP contribution in [0.3, 0.4) is 0 Å². The van der Waals surface area contributed by atoms with Gasteiger partial charge in [0.15, 0.2) is 0 Å². The monoisotopic (exact) mass is 238 g/mol. The first-order valence-electron chi connectivity index (χ1n) is 6.40. The molecule has 0 aliphatic heterocycles. The number of aryl methyl sites for hydroxylation is 1. The minimum Gasteiger partial charge on any atom is -0.373 e. The maximum absolute atomic E-state index is 6.36. The molecule has 0 atom stereocenters. The highest BCUT2D eigenvalue weighted by Gasteiger charge is 2.26. The summed E-state index contributed by atoms with van der Waals surface area (Å²) < 4.78 is 7.37. The lowest BCUT2D eigenvalue weighted by Gasteiger charge is -2.27. The van der Waals surface area contributed by atoms with Crippen LogP contribution in [0.5, 0.6) is 0 Å². The fraction of sp³-hybridized carbons (Fsp3) is 0.833. The standard InChI is InChI=1S/C12H22N4O/c1-16-8-11(14-15-16)9-17-10-12(13)6-4-2-3-5-7-12/h8H,2-7,9-10,13H2,1H3. The van der Waals surface area contributed by atoms with Gasteiger partial charge in [0.1, 0.15) is 5.69 Å². The van der Waals surface area contributed by atoms with Crippen molar-refractivity contribution in [3.05, 3.63) is 11.9 Å². The van der Waals surface area contributed by atoms with Crippen molar-refractivity contribution in [1.82, 2.24) is 15.0 Å². The van der Waals surface area contributed by atoms with Gasteiger partial charge in [0.05, 0.1) is 19.4 Å². The van der Waals surface area contributed by atoms with Crippen LogP contribution in [0.15, 0.2) is 6.20 Å². The van der Waals surface area contributed by atoms with E-state index in [1.165, 1.54) is 25.7 Å². The number of ether oxygens (including phenoxy) is 1. The van der Waals surface area contributed by atoms with Gasteiger partial charge in [-0.3, -0.25) is 4.68 Å². The molecule has 17 heavy (non-hydrogen) atoms. The van der Waals surface area contributed by atoms with Crippen molar-refractivity contribution in [3.63, 3.8) is 0 Å². The zero-order valence-corrected chi connectivity index (χ0v) is 10.6. The van der Waals surface area contributed by atoms with E-state index in [1.807, 2.05) is 13.2 Å². The molecule has 0 aromatic carbocycles. The molecule has 0 bridgehead atoms. The van der Waals surface area contributed by atoms with Crippen LogP contribution in [-0.4, -0.2) is 27.1 Å². The smallest absolute Gasteiger partial charge is 0.108 e. The SMILES string of the molecule is Cn1cc(COCC2(N)CCCCCC2)nn1. The van der Waals surface area contributed by atoms with E-state index >= 15 is 0 Å². The summed E-state index contributed by atoms with van der Waals surface area (Å²) in [5.41, 5.74) is 7.10. The summed E-state index contributed by atoms with van der Waals surface area (Å²) in [7, 11) is 1.85. The highest BCUT2D eigenvalue weighted by atomic mass is 16.5. The van der Waals surface area contributed by atoms with E-state index in [1.54, 1.807) is 4.68 Å². The maximum atomic E-state index is 6.36. The van der Waals surface area contributed by atoms with Gasteiger partial charge in [-0.1, -0.05) is 30.9 Å². The first-order valence-corrected chi connectivity index (χ1v) is 6.40. The molecule has 1 aliphatic carbocycles. The average Bonchev–Trinajstić information content (AvgIpc) is 2.58. The number of nitrogens with zero attached hydrogens (tertiary/aromatic N) is 3. The van der Waals surface area contributed by atoms with Crippen molar-refractivity contribution >= 4 is 0 Å². The van der Waals surface area contributed by atoms with E-state index in [0.717, 1.165) is 18.5 Å². The van der Waals surface area contributed by atoms with Crippen LogP contribution >= 0.6 is 0 Å². The average molecular weight is 238 g/mol. The van der Waals surface area contributed by atoms with Crippen LogP contribution in [-0.2, 0) is 18.4 Å². The number of nitrogens with two attached hydrogens (primary N) is 1. The summed E-state index contributed by atoms with van der Waals surface area (Å²) in [6, 6.07) is 0. The zero-order chi connectivity index (χ0) is 12.1. The lowest BCUT2D eigenvalue weighted by atomic mass is 9.93. The van der Waals surface area contributed by atoms with Gasteiger partial charge < -0.3 is 10.5 Å². The van der Waals surface area contributed by atoms with Crippen molar-refractivity contribution in [2.75, 3.05) is 6.61 Å². The molecule has 5 heteroatoms. The summed E-state index contributed by atoms with van der Waals surface area (Å²) >= 11 is 0. The lowest BCUT2D eigenvalue weighted by Crippen LogP contribution is -2.43. The first-order chi connectivity index (χ1) is 8.18. The minimum atomic E-state index is -0.126. The lowest BCUT2D eigenvalue weighted by molar-refractivity contribution is 0.0648. The van der Waals surface area contributed by atoms with Crippen molar-refractivity contribution in [1.29, 1.82) is 0 Å². The molecule has 5 nitrogen and oxygen atoms in total. The predicted molar refractivity (Wildman–Crippen MR) is 65.3 cm³/mol. The summed E-state index contributed by atoms with van der Waals surface area (Å²) in [5, 5.41) is 7.86. The Morgan fingerprint density at radius 3 is 2.65 bits per heavy atom. The molecule has 1 aliphatic rings. The van der Waals surface area contributed by atoms with E-state index in [-0.39, 0.29) is 5.54 Å². The molecule has 1 aromatic heterocycles. The van der Waals surface area contributed by atoms with Gasteiger partial charge in [0.25, 0.3) is 0 Å². The van der Waals surface area contributed by atoms with Gasteiger partial charge >= 0.3 is 0 Å². The Kier molecular flexibility index (Phi) is 4.12. The molecule has 1 fully saturated rings. The Balaban J connectivity index is 1.76. The molecular formula is C12H22N4O. The molecule has 1 heterocycles. The topological polar surface area (TPSA) is 66.0 Å². The van der Waals surface area contributed by atoms with Crippen LogP contribution < -0.4 is 5.73 Å². The summed E-state index contributed by atoms with van der Waals surface area (Å²) in [5.74, 6) is 0. The first kappa shape index (κ1) is 12.5. The molecule has 0 spiro atoms. The second-order valence-electron chi connectivity index (χ2n) is 5.15. The third-order valence-corrected chi connectivity index (χ3v) is 3.39. The van der Waals surface area contributed by atoms with Crippen LogP contribution in [0.25, 0.3) is 0 Å². The van der Waals surface area contributed by atoms with Crippen LogP contribution in [0.1, 0.15) is 44.2 Å². The number of hydrogen-bond donors (Lipinski definition) is 1. The van der Waals surface area contributed by atoms with Crippen molar-refractivity contribution in [3.8, 4) is 0 Å². The largest absolute Gasteiger partial charge is 0.373 e. The van der Waals surface area contributed by atoms with Crippen LogP contribution in [0, 0.1) is 0 Å². The minimum absolute atomic E-state index is 0.126. The Morgan fingerprint density at radius 2 is 2.06 bits per heavy atom. The molecule has 96 valence electrons. The van der Waals surface area contributed by atoms with Gasteiger partial charge in [-0.05, 0) is 12.8 Å². The molecule has 2 rings (SSSR count). The third kappa shape index (κ3) is 3.78. The molecule has 0 saturated heterocycles. The van der Waals surface area contributed by atoms with Gasteiger partial charge in [0.2, 0.25) is 0 Å². The van der Waals surface area contributed by atoms with Crippen LogP contribution in [0.2, 0.25) is 0 Å². The quantitative estimate of drug-likeness (QED) is 0.805. The van der Waals surface area contributed by atoms with E-state index in [9.17, 15) is 0 Å². The number of aromatic nitrogens is 3. The zero-order valence-electron chi connectivity index (χ0n) is 10.6. The summed E-state index contributed by atoms with van der Waals surface area (Å²) in [6.45, 7) is 1.14. The normalized spacial score (nSPS) is 20.1. The fourth-order valence-corrected chi connectivity index (χ4v) is 2.40. The summed E-state index contributed by atoms with van der Waals surface area (Å²) in [4.78, 5) is 0. The second-order valence-corrected chi connectivity index (χ2v) is 5.15. The molecule has 1 saturated carbocycles. The van der Waals surface area contributed by atoms with Crippen LogP contribution in [0.4, 0.5) is 0 Å². The van der Waals surface area contributed by atoms with E-state index in [4.69, 9.17) is 10.5 Å². The van der Waals surface area contributed by atoms with E-state index in [2.05, 4.69) is 10.3 Å². The molecule has 0 amide bonds. The highest BCUT2D eigenvalue weighted by Crippen LogP contribution is 2.25. The second kappa shape index (κ2) is 5.60. The Morgan fingerprint density at radius 1 is 1.35 bits per heavy atom. The van der Waals surface area contributed by atoms with Gasteiger partial charge in [0, 0.05) is 12.6 Å². The van der Waals surface area contributed by atoms with Gasteiger partial charge in [-0.15, -0.1) is 5.10 Å². The number of hydrogen-bond acceptors (Lipinski definition) is 4. The van der Waals surface area contributed by atoms with Crippen molar-refractivity contribution < 1.29 is 4.74 Å². The Hall–Kier alpha value is -0.940. The van der Waals surface area contributed by atoms with Crippen molar-refractivity contribution in [2.24, 2.45) is 12.8 Å². The predicted octanol–water partition coefficient (Wildman–Crippen LogP) is 1.38. The fourth-order valence-electron chi connectivity index (χ4n) is 2.40. The molecule has 2 N–H and O–H groups in total. The third-order valence-electron chi connectivity index (χ3n) is 3.39. The van der Waals surface area contributed by atoms with Crippen molar-refractivity contribution in [2.45, 2.75) is 50.7 Å². The Labute approximate surface area is 102 Å². The van der Waals surface area contributed by atoms with Gasteiger partial charge in [-0.2, -0.15) is 0 Å². The summed E-state index contributed by atoms with van der Waals surface area (Å²) in [6.07, 6.45) is 9.10. The molecule has 1 aromatic rings. The van der Waals surface area contributed by atoms with E-state index in [0.29, 0.717) is 13.2 Å². The molecule has 0 unspecified atom stereocenters. The Bertz CT molecular complexity index is 342.